The normalized spacial score (nSPS) is 14.2. The summed E-state index contributed by atoms with van der Waals surface area (Å²) in [6.07, 6.45) is 7.64. The maximum Gasteiger partial charge on any atom is 0.154 e. The molecule has 1 aliphatic heterocycles. The number of pyridine rings is 2. The molecule has 8 heteroatoms. The van der Waals surface area contributed by atoms with E-state index in [9.17, 15) is 0 Å². The predicted molar refractivity (Wildman–Crippen MR) is 117 cm³/mol. The highest BCUT2D eigenvalue weighted by molar-refractivity contribution is 5.81. The van der Waals surface area contributed by atoms with Crippen LogP contribution in [0.1, 0.15) is 25.3 Å². The maximum absolute atomic E-state index is 4.73. The Morgan fingerprint density at radius 1 is 1.07 bits per heavy atom. The molecule has 0 saturated carbocycles. The minimum Gasteiger partial charge on any atom is -0.323 e. The summed E-state index contributed by atoms with van der Waals surface area (Å²) in [6.45, 7) is 7.34. The molecule has 1 saturated heterocycles. The van der Waals surface area contributed by atoms with Crippen LogP contribution < -0.4 is 10.6 Å². The summed E-state index contributed by atoms with van der Waals surface area (Å²) in [5.41, 5.74) is 4.85. The topological polar surface area (TPSA) is 93.4 Å². The van der Waals surface area contributed by atoms with Crippen molar-refractivity contribution in [2.45, 2.75) is 26.3 Å². The molecule has 0 spiro atoms. The molecule has 1 fully saturated rings. The van der Waals surface area contributed by atoms with Crippen LogP contribution in [-0.2, 0) is 6.54 Å². The highest BCUT2D eigenvalue weighted by Gasteiger charge is 2.17. The number of hydrogen-bond donors (Lipinski definition) is 2. The Bertz CT molecular complexity index is 1180. The van der Waals surface area contributed by atoms with Gasteiger partial charge in [0.2, 0.25) is 0 Å². The van der Waals surface area contributed by atoms with E-state index in [2.05, 4.69) is 57.0 Å². The lowest BCUT2D eigenvalue weighted by molar-refractivity contribution is 0.295. The van der Waals surface area contributed by atoms with E-state index in [1.807, 2.05) is 35.3 Å². The molecule has 8 nitrogen and oxygen atoms in total. The molecule has 0 unspecified atom stereocenters. The zero-order valence-corrected chi connectivity index (χ0v) is 17.1. The van der Waals surface area contributed by atoms with Crippen molar-refractivity contribution >= 4 is 22.7 Å². The lowest BCUT2D eigenvalue weighted by Gasteiger charge is -2.26. The number of anilines is 2. The molecule has 2 N–H and O–H groups in total. The second-order valence-electron chi connectivity index (χ2n) is 8.09. The van der Waals surface area contributed by atoms with Gasteiger partial charge >= 0.3 is 0 Å². The van der Waals surface area contributed by atoms with Crippen LogP contribution in [0.4, 0.5) is 11.6 Å². The van der Waals surface area contributed by atoms with Gasteiger partial charge in [0.15, 0.2) is 5.82 Å². The summed E-state index contributed by atoms with van der Waals surface area (Å²) >= 11 is 0. The number of rotatable bonds is 6. The van der Waals surface area contributed by atoms with Crippen molar-refractivity contribution in [3.8, 4) is 11.1 Å². The molecule has 0 bridgehead atoms. The van der Waals surface area contributed by atoms with Gasteiger partial charge in [-0.1, -0.05) is 13.8 Å². The molecule has 30 heavy (non-hydrogen) atoms. The van der Waals surface area contributed by atoms with Crippen LogP contribution in [0.3, 0.4) is 0 Å². The van der Waals surface area contributed by atoms with E-state index in [0.29, 0.717) is 23.5 Å². The van der Waals surface area contributed by atoms with Crippen molar-refractivity contribution in [2.75, 3.05) is 18.4 Å². The van der Waals surface area contributed by atoms with Gasteiger partial charge in [0.1, 0.15) is 5.82 Å². The zero-order chi connectivity index (χ0) is 20.5. The highest BCUT2D eigenvalue weighted by Crippen LogP contribution is 2.24. The lowest BCUT2D eigenvalue weighted by Crippen LogP contribution is -2.44. The third kappa shape index (κ3) is 3.86. The van der Waals surface area contributed by atoms with E-state index < -0.39 is 0 Å². The fourth-order valence-corrected chi connectivity index (χ4v) is 3.48. The van der Waals surface area contributed by atoms with Crippen LogP contribution in [0.2, 0.25) is 0 Å². The summed E-state index contributed by atoms with van der Waals surface area (Å²) in [5, 5.41) is 19.3. The second-order valence-corrected chi connectivity index (χ2v) is 8.09. The van der Waals surface area contributed by atoms with Crippen molar-refractivity contribution < 1.29 is 0 Å². The molecule has 4 aromatic heterocycles. The Kier molecular flexibility index (Phi) is 4.84. The minimum atomic E-state index is 0.388. The number of nitrogens with one attached hydrogen (secondary N) is 2. The first-order chi connectivity index (χ1) is 14.6. The maximum atomic E-state index is 4.73. The Balaban J connectivity index is 1.39. The van der Waals surface area contributed by atoms with E-state index >= 15 is 0 Å². The van der Waals surface area contributed by atoms with Crippen LogP contribution in [-0.4, -0.2) is 43.0 Å². The van der Waals surface area contributed by atoms with Gasteiger partial charge in [0, 0.05) is 49.1 Å². The van der Waals surface area contributed by atoms with Crippen molar-refractivity contribution in [2.24, 2.45) is 5.92 Å². The first kappa shape index (κ1) is 18.6. The van der Waals surface area contributed by atoms with Crippen molar-refractivity contribution in [1.82, 2.24) is 35.3 Å². The first-order valence-corrected chi connectivity index (χ1v) is 10.2. The summed E-state index contributed by atoms with van der Waals surface area (Å²) in [7, 11) is 0. The SMILES string of the molecule is CC(C)c1cnnc(Nc2ccc3ncc(-c4cnn(CC5CNC5)c4)cc3n2)c1. The van der Waals surface area contributed by atoms with Gasteiger partial charge in [0.25, 0.3) is 0 Å². The largest absolute Gasteiger partial charge is 0.323 e. The van der Waals surface area contributed by atoms with Gasteiger partial charge in [0.05, 0.1) is 23.4 Å². The van der Waals surface area contributed by atoms with Crippen LogP contribution >= 0.6 is 0 Å². The molecule has 0 radical (unpaired) electrons. The third-order valence-corrected chi connectivity index (χ3v) is 5.41. The van der Waals surface area contributed by atoms with Gasteiger partial charge in [-0.05, 0) is 35.7 Å². The quantitative estimate of drug-likeness (QED) is 0.512. The minimum absolute atomic E-state index is 0.388. The third-order valence-electron chi connectivity index (χ3n) is 5.41. The number of hydrogen-bond acceptors (Lipinski definition) is 7. The monoisotopic (exact) mass is 400 g/mol. The molecule has 1 aliphatic rings. The summed E-state index contributed by atoms with van der Waals surface area (Å²) in [5.74, 6) is 2.45. The first-order valence-electron chi connectivity index (χ1n) is 10.2. The van der Waals surface area contributed by atoms with Gasteiger partial charge in [-0.25, -0.2) is 4.98 Å². The Labute approximate surface area is 174 Å². The molecule has 0 atom stereocenters. The molecule has 152 valence electrons. The van der Waals surface area contributed by atoms with Crippen LogP contribution in [0.25, 0.3) is 22.2 Å². The smallest absolute Gasteiger partial charge is 0.154 e. The summed E-state index contributed by atoms with van der Waals surface area (Å²) < 4.78 is 2.01. The number of nitrogens with zero attached hydrogens (tertiary/aromatic N) is 6. The van der Waals surface area contributed by atoms with Crippen LogP contribution in [0.15, 0.2) is 49.1 Å². The highest BCUT2D eigenvalue weighted by atomic mass is 15.3. The van der Waals surface area contributed by atoms with Crippen molar-refractivity contribution in [3.05, 3.63) is 54.6 Å². The average Bonchev–Trinajstić information content (AvgIpc) is 3.19. The van der Waals surface area contributed by atoms with E-state index in [0.717, 1.165) is 47.4 Å². The van der Waals surface area contributed by atoms with E-state index in [4.69, 9.17) is 4.98 Å². The van der Waals surface area contributed by atoms with E-state index in [1.165, 1.54) is 0 Å². The summed E-state index contributed by atoms with van der Waals surface area (Å²) in [6, 6.07) is 7.92. The van der Waals surface area contributed by atoms with Gasteiger partial charge in [-0.2, -0.15) is 10.2 Å². The van der Waals surface area contributed by atoms with E-state index in [1.54, 1.807) is 6.20 Å². The molecule has 0 aromatic carbocycles. The summed E-state index contributed by atoms with van der Waals surface area (Å²) in [4.78, 5) is 9.31. The fourth-order valence-electron chi connectivity index (χ4n) is 3.48. The fraction of sp³-hybridized carbons (Fsp3) is 0.318. The van der Waals surface area contributed by atoms with E-state index in [-0.39, 0.29) is 0 Å². The van der Waals surface area contributed by atoms with Gasteiger partial charge in [-0.15, -0.1) is 5.10 Å². The molecule has 5 rings (SSSR count). The average molecular weight is 400 g/mol. The second kappa shape index (κ2) is 7.79. The molecular formula is C22H24N8. The Hall–Kier alpha value is -3.39. The van der Waals surface area contributed by atoms with Crippen LogP contribution in [0.5, 0.6) is 0 Å². The standard InChI is InChI=1S/C22H24N8/c1-14(2)16-6-22(29-25-10-16)28-21-4-3-19-20(27-21)5-17(9-24-19)18-11-26-30(13-18)12-15-7-23-8-15/h3-6,9-11,13-15,23H,7-8,12H2,1-2H3,(H,27,28,29). The molecule has 0 amide bonds. The van der Waals surface area contributed by atoms with Crippen molar-refractivity contribution in [1.29, 1.82) is 0 Å². The molecule has 4 aromatic rings. The van der Waals surface area contributed by atoms with Gasteiger partial charge < -0.3 is 10.6 Å². The Morgan fingerprint density at radius 3 is 2.77 bits per heavy atom. The molecule has 5 heterocycles. The zero-order valence-electron chi connectivity index (χ0n) is 17.1. The number of fused-ring (bicyclic) bond motifs is 1. The van der Waals surface area contributed by atoms with Gasteiger partial charge in [-0.3, -0.25) is 9.67 Å². The molecular weight excluding hydrogens is 376 g/mol. The van der Waals surface area contributed by atoms with Crippen molar-refractivity contribution in [3.63, 3.8) is 0 Å². The van der Waals surface area contributed by atoms with Crippen LogP contribution in [0, 0.1) is 5.92 Å². The Morgan fingerprint density at radius 2 is 1.97 bits per heavy atom. The molecule has 0 aliphatic carbocycles. The predicted octanol–water partition coefficient (Wildman–Crippen LogP) is 3.37. The number of aromatic nitrogens is 6. The lowest BCUT2D eigenvalue weighted by atomic mass is 10.0.